The molecule has 20 heavy (non-hydrogen) atoms. The smallest absolute Gasteiger partial charge is 0.360 e. The van der Waals surface area contributed by atoms with Crippen molar-refractivity contribution >= 4 is 16.9 Å². The van der Waals surface area contributed by atoms with Gasteiger partial charge in [0.1, 0.15) is 0 Å². The third-order valence-electron chi connectivity index (χ3n) is 3.02. The highest BCUT2D eigenvalue weighted by Crippen LogP contribution is 2.17. The van der Waals surface area contributed by atoms with Gasteiger partial charge in [-0.05, 0) is 38.1 Å². The maximum Gasteiger partial charge on any atom is 0.360 e. The highest BCUT2D eigenvalue weighted by molar-refractivity contribution is 5.88. The van der Waals surface area contributed by atoms with Gasteiger partial charge in [0.15, 0.2) is 5.69 Å². The summed E-state index contributed by atoms with van der Waals surface area (Å²) in [6.07, 6.45) is 1.88. The Morgan fingerprint density at radius 2 is 2.20 bits per heavy atom. The first-order valence-corrected chi connectivity index (χ1v) is 6.37. The first-order valence-electron chi connectivity index (χ1n) is 6.37. The number of ether oxygens (including phenoxy) is 1. The van der Waals surface area contributed by atoms with E-state index in [1.54, 1.807) is 13.8 Å². The van der Waals surface area contributed by atoms with Gasteiger partial charge in [0.25, 0.3) is 0 Å². The summed E-state index contributed by atoms with van der Waals surface area (Å²) < 4.78 is 4.96. The molecule has 1 aromatic carbocycles. The monoisotopic (exact) mass is 270 g/mol. The van der Waals surface area contributed by atoms with Crippen molar-refractivity contribution in [2.45, 2.75) is 13.8 Å². The normalized spacial score (nSPS) is 10.9. The highest BCUT2D eigenvalue weighted by atomic mass is 16.5. The van der Waals surface area contributed by atoms with Gasteiger partial charge in [0, 0.05) is 17.1 Å². The van der Waals surface area contributed by atoms with E-state index in [2.05, 4.69) is 15.2 Å². The molecule has 1 N–H and O–H groups in total. The van der Waals surface area contributed by atoms with Crippen LogP contribution in [0.15, 0.2) is 30.5 Å². The van der Waals surface area contributed by atoms with Gasteiger partial charge in [-0.25, -0.2) is 4.79 Å². The van der Waals surface area contributed by atoms with Crippen LogP contribution in [0.25, 0.3) is 16.6 Å². The number of aromatic amines is 1. The minimum atomic E-state index is -0.445. The number of aryl methyl sites for hydroxylation is 1. The van der Waals surface area contributed by atoms with Gasteiger partial charge < -0.3 is 9.72 Å². The molecule has 0 aliphatic rings. The van der Waals surface area contributed by atoms with Gasteiger partial charge in [-0.1, -0.05) is 0 Å². The molecule has 0 amide bonds. The van der Waals surface area contributed by atoms with E-state index in [1.807, 2.05) is 30.5 Å². The maximum atomic E-state index is 11.7. The average Bonchev–Trinajstić information content (AvgIpc) is 3.04. The zero-order chi connectivity index (χ0) is 14.1. The molecule has 6 heteroatoms. The lowest BCUT2D eigenvalue weighted by Crippen LogP contribution is -2.07. The number of nitrogens with zero attached hydrogens (tertiary/aromatic N) is 3. The summed E-state index contributed by atoms with van der Waals surface area (Å²) in [7, 11) is 0. The summed E-state index contributed by atoms with van der Waals surface area (Å²) in [6.45, 7) is 3.82. The molecule has 2 aromatic heterocycles. The molecule has 3 aromatic rings. The molecule has 0 spiro atoms. The zero-order valence-electron chi connectivity index (χ0n) is 11.3. The third kappa shape index (κ3) is 2.05. The third-order valence-corrected chi connectivity index (χ3v) is 3.02. The fourth-order valence-corrected chi connectivity index (χ4v) is 2.05. The molecule has 0 aliphatic carbocycles. The molecule has 0 atom stereocenters. The number of benzene rings is 1. The van der Waals surface area contributed by atoms with Crippen molar-refractivity contribution in [3.8, 4) is 5.69 Å². The van der Waals surface area contributed by atoms with Crippen LogP contribution in [0.5, 0.6) is 0 Å². The Hall–Kier alpha value is -2.63. The summed E-state index contributed by atoms with van der Waals surface area (Å²) >= 11 is 0. The lowest BCUT2D eigenvalue weighted by Gasteiger charge is -1.99. The van der Waals surface area contributed by atoms with Crippen LogP contribution >= 0.6 is 0 Å². The lowest BCUT2D eigenvalue weighted by molar-refractivity contribution is 0.0518. The quantitative estimate of drug-likeness (QED) is 0.741. The van der Waals surface area contributed by atoms with Gasteiger partial charge in [0.2, 0.25) is 0 Å². The summed E-state index contributed by atoms with van der Waals surface area (Å²) in [4.78, 5) is 16.3. The molecule has 0 radical (unpaired) electrons. The average molecular weight is 270 g/mol. The van der Waals surface area contributed by atoms with Crippen molar-refractivity contribution in [1.29, 1.82) is 0 Å². The van der Waals surface area contributed by atoms with Crippen molar-refractivity contribution < 1.29 is 9.53 Å². The zero-order valence-corrected chi connectivity index (χ0v) is 11.3. The van der Waals surface area contributed by atoms with Crippen LogP contribution in [0.2, 0.25) is 0 Å². The van der Waals surface area contributed by atoms with E-state index in [0.717, 1.165) is 16.6 Å². The molecule has 6 nitrogen and oxygen atoms in total. The largest absolute Gasteiger partial charge is 0.461 e. The van der Waals surface area contributed by atoms with E-state index in [0.29, 0.717) is 12.3 Å². The number of hydrogen-bond donors (Lipinski definition) is 1. The second-order valence-corrected chi connectivity index (χ2v) is 4.39. The van der Waals surface area contributed by atoms with Crippen LogP contribution in [0.4, 0.5) is 0 Å². The van der Waals surface area contributed by atoms with Crippen LogP contribution in [0, 0.1) is 6.92 Å². The second-order valence-electron chi connectivity index (χ2n) is 4.39. The number of H-pyrrole nitrogens is 1. The minimum Gasteiger partial charge on any atom is -0.461 e. The van der Waals surface area contributed by atoms with Gasteiger partial charge in [-0.15, -0.1) is 5.10 Å². The molecular formula is C14H14N4O2. The second kappa shape index (κ2) is 4.80. The van der Waals surface area contributed by atoms with Crippen molar-refractivity contribution in [3.63, 3.8) is 0 Å². The predicted octanol–water partition coefficient (Wildman–Crippen LogP) is 2.23. The SMILES string of the molecule is CCOC(=O)c1nn(-c2ccc3[nH]ccc3c2)nc1C. The minimum absolute atomic E-state index is 0.251. The molecule has 0 fully saturated rings. The van der Waals surface area contributed by atoms with E-state index in [4.69, 9.17) is 4.74 Å². The van der Waals surface area contributed by atoms with Gasteiger partial charge in [0.05, 0.1) is 18.0 Å². The number of carbonyl (C=O) groups is 1. The summed E-state index contributed by atoms with van der Waals surface area (Å²) in [6, 6.07) is 7.78. The van der Waals surface area contributed by atoms with Crippen LogP contribution in [-0.4, -0.2) is 32.6 Å². The molecule has 0 bridgehead atoms. The van der Waals surface area contributed by atoms with Crippen LogP contribution in [0.3, 0.4) is 0 Å². The van der Waals surface area contributed by atoms with Gasteiger partial charge in [-0.2, -0.15) is 9.90 Å². The summed E-state index contributed by atoms with van der Waals surface area (Å²) in [5, 5.41) is 9.55. The molecule has 3 rings (SSSR count). The van der Waals surface area contributed by atoms with Crippen LogP contribution in [-0.2, 0) is 4.74 Å². The Bertz CT molecular complexity index is 772. The highest BCUT2D eigenvalue weighted by Gasteiger charge is 2.17. The predicted molar refractivity (Wildman–Crippen MR) is 73.9 cm³/mol. The van der Waals surface area contributed by atoms with Gasteiger partial charge >= 0.3 is 5.97 Å². The number of fused-ring (bicyclic) bond motifs is 1. The van der Waals surface area contributed by atoms with E-state index in [9.17, 15) is 4.79 Å². The number of carbonyl (C=O) groups excluding carboxylic acids is 1. The summed E-state index contributed by atoms with van der Waals surface area (Å²) in [5.74, 6) is -0.445. The molecule has 0 aliphatic heterocycles. The Morgan fingerprint density at radius 1 is 1.35 bits per heavy atom. The number of aromatic nitrogens is 4. The van der Waals surface area contributed by atoms with Crippen LogP contribution in [0.1, 0.15) is 23.1 Å². The molecule has 0 saturated heterocycles. The Kier molecular flexibility index (Phi) is 2.98. The number of nitrogens with one attached hydrogen (secondary N) is 1. The van der Waals surface area contributed by atoms with Crippen molar-refractivity contribution in [1.82, 2.24) is 20.0 Å². The first-order chi connectivity index (χ1) is 9.69. The number of esters is 1. The van der Waals surface area contributed by atoms with Crippen LogP contribution < -0.4 is 0 Å². The Morgan fingerprint density at radius 3 is 3.00 bits per heavy atom. The molecule has 2 heterocycles. The molecular weight excluding hydrogens is 256 g/mol. The molecule has 0 saturated carbocycles. The maximum absolute atomic E-state index is 11.7. The first kappa shape index (κ1) is 12.4. The fourth-order valence-electron chi connectivity index (χ4n) is 2.05. The number of hydrogen-bond acceptors (Lipinski definition) is 4. The van der Waals surface area contributed by atoms with E-state index < -0.39 is 5.97 Å². The lowest BCUT2D eigenvalue weighted by atomic mass is 10.2. The van der Waals surface area contributed by atoms with E-state index >= 15 is 0 Å². The molecule has 0 unspecified atom stereocenters. The van der Waals surface area contributed by atoms with E-state index in [1.165, 1.54) is 4.80 Å². The fraction of sp³-hybridized carbons (Fsp3) is 0.214. The Labute approximate surface area is 115 Å². The van der Waals surface area contributed by atoms with Crippen molar-refractivity contribution in [2.75, 3.05) is 6.61 Å². The standard InChI is InChI=1S/C14H14N4O2/c1-3-20-14(19)13-9(2)16-18(17-13)11-4-5-12-10(8-11)6-7-15-12/h4-8,15H,3H2,1-2H3. The molecule has 102 valence electrons. The number of rotatable bonds is 3. The summed E-state index contributed by atoms with van der Waals surface area (Å²) in [5.41, 5.74) is 2.65. The Balaban J connectivity index is 2.01. The van der Waals surface area contributed by atoms with Crippen molar-refractivity contribution in [2.24, 2.45) is 0 Å². The van der Waals surface area contributed by atoms with E-state index in [-0.39, 0.29) is 5.69 Å². The topological polar surface area (TPSA) is 72.8 Å². The van der Waals surface area contributed by atoms with Crippen molar-refractivity contribution in [3.05, 3.63) is 41.9 Å². The van der Waals surface area contributed by atoms with Gasteiger partial charge in [-0.3, -0.25) is 0 Å².